The number of aryl methyl sites for hydroxylation is 6. The average Bonchev–Trinajstić information content (AvgIpc) is 1.23. The summed E-state index contributed by atoms with van der Waals surface area (Å²) in [6, 6.07) is 27.8. The van der Waals surface area contributed by atoms with Crippen LogP contribution in [0.15, 0.2) is 97.1 Å². The van der Waals surface area contributed by atoms with Gasteiger partial charge in [0.25, 0.3) is 0 Å². The van der Waals surface area contributed by atoms with Gasteiger partial charge in [0.15, 0.2) is 19.7 Å². The molecular weight excluding hydrogens is 1190 g/mol. The van der Waals surface area contributed by atoms with Crippen LogP contribution in [0.1, 0.15) is 96.9 Å². The van der Waals surface area contributed by atoms with E-state index in [1.807, 2.05) is 88.4 Å². The average molecular weight is 1260 g/mol. The second-order valence-electron chi connectivity index (χ2n) is 22.4. The summed E-state index contributed by atoms with van der Waals surface area (Å²) in [5.41, 5.74) is 9.12. The molecule has 2 aliphatic rings. The summed E-state index contributed by atoms with van der Waals surface area (Å²) in [7, 11) is -6.24. The molecule has 0 spiro atoms. The van der Waals surface area contributed by atoms with Crippen molar-refractivity contribution in [2.75, 3.05) is 57.5 Å². The van der Waals surface area contributed by atoms with E-state index in [0.29, 0.717) is 58.5 Å². The van der Waals surface area contributed by atoms with Crippen molar-refractivity contribution in [3.05, 3.63) is 153 Å². The maximum absolute atomic E-state index is 14.5. The number of nitrogens with one attached hydrogen (secondary N) is 4. The largest absolute Gasteiger partial charge is 2.00 e. The summed E-state index contributed by atoms with van der Waals surface area (Å²) < 4.78 is 87.8. The zero-order chi connectivity index (χ0) is 62.7. The number of amides is 2. The van der Waals surface area contributed by atoms with E-state index in [1.54, 1.807) is 24.3 Å². The third-order valence-corrected chi connectivity index (χ3v) is 18.5. The monoisotopic (exact) mass is 1260 g/mol. The molecule has 2 amide bonds. The van der Waals surface area contributed by atoms with Crippen LogP contribution in [0.4, 0.5) is 31.5 Å². The van der Waals surface area contributed by atoms with Gasteiger partial charge in [-0.15, -0.1) is 0 Å². The number of halogens is 2. The van der Waals surface area contributed by atoms with Crippen molar-refractivity contribution in [1.82, 2.24) is 0 Å². The molecule has 0 bridgehead atoms. The molecule has 8 rings (SSSR count). The molecule has 0 aromatic heterocycles. The van der Waals surface area contributed by atoms with Crippen LogP contribution in [-0.2, 0) is 64.8 Å². The van der Waals surface area contributed by atoms with Gasteiger partial charge in [-0.1, -0.05) is 24.3 Å². The molecule has 0 radical (unpaired) electrons. The first-order valence-corrected chi connectivity index (χ1v) is 31.7. The maximum atomic E-state index is 14.5. The van der Waals surface area contributed by atoms with Gasteiger partial charge in [0, 0.05) is 72.8 Å². The molecule has 2 aliphatic heterocycles. The first-order valence-electron chi connectivity index (χ1n) is 28.1. The van der Waals surface area contributed by atoms with Gasteiger partial charge < -0.3 is 60.8 Å². The fourth-order valence-corrected chi connectivity index (χ4v) is 13.6. The number of hydrogen-bond acceptors (Lipinski definition) is 16. The molecule has 0 unspecified atom stereocenters. The van der Waals surface area contributed by atoms with Crippen molar-refractivity contribution >= 4 is 104 Å². The third kappa shape index (κ3) is 20.2. The van der Waals surface area contributed by atoms with Crippen LogP contribution < -0.4 is 41.0 Å². The molecule has 2 heterocycles. The quantitative estimate of drug-likeness (QED) is 0.0374. The van der Waals surface area contributed by atoms with Crippen LogP contribution in [0, 0.1) is 39.3 Å². The molecule has 460 valence electrons. The number of aliphatic carboxylic acids is 2. The van der Waals surface area contributed by atoms with E-state index >= 15 is 0 Å². The maximum Gasteiger partial charge on any atom is 2.00 e. The molecule has 2 saturated heterocycles. The predicted molar refractivity (Wildman–Crippen MR) is 328 cm³/mol. The Bertz CT molecular complexity index is 3450. The zero-order valence-corrected chi connectivity index (χ0v) is 53.5. The van der Waals surface area contributed by atoms with Gasteiger partial charge in [-0.25, -0.2) is 25.6 Å². The zero-order valence-electron chi connectivity index (χ0n) is 49.6. The normalized spacial score (nSPS) is 15.3. The van der Waals surface area contributed by atoms with Crippen LogP contribution in [-0.4, -0.2) is 136 Å². The van der Waals surface area contributed by atoms with E-state index in [0.717, 1.165) is 55.6 Å². The Kier molecular flexibility index (Phi) is 24.0. The predicted octanol–water partition coefficient (Wildman–Crippen LogP) is 6.98. The van der Waals surface area contributed by atoms with Crippen molar-refractivity contribution in [3.8, 4) is 33.8 Å². The molecule has 18 nitrogen and oxygen atoms in total. The standard InChI is InChI=1S/2C32H37FN2O7S.Ca/c2*1-20-14-26(42-19-32(39)10-12-43(40,41)13-11-32)15-21(2)31(20)27-16-23(4-8-29(27)35-22(3)36)18-34-25-7-5-24(28(33)17-25)6-9-30(37)38;/h2*4-5,7-8,14-17,34,39H,6,9-13,18-19H2,1-3H3,(H,35,36)(H,37,38);/q;;+2/p-2. The molecule has 0 saturated carbocycles. The fourth-order valence-electron chi connectivity index (χ4n) is 10.4. The Hall–Kier alpha value is -6.66. The van der Waals surface area contributed by atoms with E-state index in [1.165, 1.54) is 26.0 Å². The van der Waals surface area contributed by atoms with E-state index in [2.05, 4.69) is 21.3 Å². The van der Waals surface area contributed by atoms with Gasteiger partial charge >= 0.3 is 37.7 Å². The minimum absolute atomic E-state index is 0. The van der Waals surface area contributed by atoms with Crippen LogP contribution >= 0.6 is 0 Å². The van der Waals surface area contributed by atoms with Gasteiger partial charge in [0.05, 0.1) is 23.0 Å². The first kappa shape index (κ1) is 69.4. The molecule has 23 heteroatoms. The summed E-state index contributed by atoms with van der Waals surface area (Å²) >= 11 is 0. The van der Waals surface area contributed by atoms with E-state index in [4.69, 9.17) is 9.47 Å². The number of carboxylic acids is 2. The van der Waals surface area contributed by atoms with Gasteiger partial charge in [0.1, 0.15) is 47.5 Å². The topological polar surface area (TPSA) is 290 Å². The van der Waals surface area contributed by atoms with Gasteiger partial charge in [-0.3, -0.25) is 9.59 Å². The van der Waals surface area contributed by atoms with Crippen molar-refractivity contribution in [1.29, 1.82) is 0 Å². The van der Waals surface area contributed by atoms with E-state index in [9.17, 15) is 65.2 Å². The van der Waals surface area contributed by atoms with E-state index < -0.39 is 54.4 Å². The number of carboxylic acid groups (broad SMARTS) is 2. The summed E-state index contributed by atoms with van der Waals surface area (Å²) in [5.74, 6) is -3.07. The van der Waals surface area contributed by atoms with E-state index in [-0.39, 0.29) is 137 Å². The number of benzene rings is 6. The minimum Gasteiger partial charge on any atom is -0.550 e. The number of carbonyl (C=O) groups is 4. The Morgan fingerprint density at radius 1 is 0.529 bits per heavy atom. The second kappa shape index (κ2) is 30.0. The molecule has 0 aliphatic carbocycles. The second-order valence-corrected chi connectivity index (χ2v) is 27.0. The summed E-state index contributed by atoms with van der Waals surface area (Å²) in [5, 5.41) is 55.2. The van der Waals surface area contributed by atoms with Gasteiger partial charge in [-0.05, 0) is 207 Å². The summed E-state index contributed by atoms with van der Waals surface area (Å²) in [6.07, 6.45) is 0.113. The molecule has 6 N–H and O–H groups in total. The van der Waals surface area contributed by atoms with Crippen LogP contribution in [0.25, 0.3) is 22.3 Å². The molecule has 6 aromatic carbocycles. The van der Waals surface area contributed by atoms with Crippen LogP contribution in [0.5, 0.6) is 11.5 Å². The molecule has 0 atom stereocenters. The van der Waals surface area contributed by atoms with Gasteiger partial charge in [-0.2, -0.15) is 0 Å². The van der Waals surface area contributed by atoms with Crippen LogP contribution in [0.3, 0.4) is 0 Å². The number of anilines is 4. The Morgan fingerprint density at radius 2 is 0.862 bits per heavy atom. The molecule has 2 fully saturated rings. The van der Waals surface area contributed by atoms with Crippen molar-refractivity contribution in [2.45, 2.75) is 117 Å². The first-order chi connectivity index (χ1) is 40.5. The number of rotatable bonds is 22. The Morgan fingerprint density at radius 3 is 1.16 bits per heavy atom. The summed E-state index contributed by atoms with van der Waals surface area (Å²) in [4.78, 5) is 45.4. The Labute approximate surface area is 536 Å². The number of hydrogen-bond donors (Lipinski definition) is 6. The SMILES string of the molecule is CC(=O)Nc1ccc(CNc2ccc(CCC(=O)[O-])c(F)c2)cc1-c1c(C)cc(OCC2(O)CCS(=O)(=O)CC2)cc1C.CC(=O)Nc1ccc(CNc2ccc(CCC(=O)[O-])c(F)c2)cc1-c1c(C)cc(OCC2(O)CCS(=O)(=O)CC2)cc1C.[Ca+2]. The number of sulfone groups is 2. The summed E-state index contributed by atoms with van der Waals surface area (Å²) in [6.45, 7) is 11.2. The molecular formula is C64H72CaF2N4O14S2. The third-order valence-electron chi connectivity index (χ3n) is 15.2. The van der Waals surface area contributed by atoms with Gasteiger partial charge in [0.2, 0.25) is 11.8 Å². The van der Waals surface area contributed by atoms with Crippen molar-refractivity contribution in [3.63, 3.8) is 0 Å². The molecule has 6 aromatic rings. The van der Waals surface area contributed by atoms with Crippen LogP contribution in [0.2, 0.25) is 0 Å². The smallest absolute Gasteiger partial charge is 0.550 e. The molecule has 87 heavy (non-hydrogen) atoms. The number of ether oxygens (including phenoxy) is 2. The van der Waals surface area contributed by atoms with Crippen molar-refractivity contribution < 1.29 is 74.7 Å². The number of aliphatic hydroxyl groups is 2. The minimum atomic E-state index is -3.12. The fraction of sp³-hybridized carbons (Fsp3) is 0.375. The number of carbonyl (C=O) groups excluding carboxylic acids is 4. The Balaban J connectivity index is 0.000000275. The van der Waals surface area contributed by atoms with Crippen molar-refractivity contribution in [2.24, 2.45) is 0 Å².